The first-order chi connectivity index (χ1) is 37.1. The standard InChI is InChI=1S/C32H28N2O4S2.C28H28N2O5S/c35-31(33-19-8-20-34-32(36)30-21-26-11-4-7-14-29(26)39-30)25-17-15-24(16-18-25)27-12-5-6-13-28(27)38-40(37)22-23-9-2-1-3-10-23;1-33-22-8-5-4-7-21(22)18-9-11-19(12-10-18)27(31)29-13-6-14-30-28(32)26-16-20-15-23(34-2)24(35-3)17-25(20)36-26/h1-7,9-18,21H,8,19-20,22H2,(H,33,35)(H,34,36);4-5,7-12,15-17H,6,13-14H2,1-3H3,(H,29,31)(H,30,32). The van der Waals surface area contributed by atoms with Crippen molar-refractivity contribution in [3.05, 3.63) is 202 Å². The average molecular weight is 1070 g/mol. The van der Waals surface area contributed by atoms with Crippen molar-refractivity contribution in [3.63, 3.8) is 0 Å². The molecule has 0 radical (unpaired) electrons. The lowest BCUT2D eigenvalue weighted by Gasteiger charge is -2.11. The van der Waals surface area contributed by atoms with Crippen LogP contribution in [0.5, 0.6) is 23.0 Å². The van der Waals surface area contributed by atoms with Crippen LogP contribution >= 0.6 is 22.7 Å². The molecule has 2 aromatic heterocycles. The quantitative estimate of drug-likeness (QED) is 0.0512. The van der Waals surface area contributed by atoms with Gasteiger partial charge in [-0.25, -0.2) is 4.21 Å². The van der Waals surface area contributed by atoms with Crippen molar-refractivity contribution in [1.82, 2.24) is 21.3 Å². The molecule has 16 heteroatoms. The Hall–Kier alpha value is -8.31. The molecule has 76 heavy (non-hydrogen) atoms. The highest BCUT2D eigenvalue weighted by molar-refractivity contribution is 7.79. The highest BCUT2D eigenvalue weighted by atomic mass is 32.2. The number of thiophene rings is 2. The van der Waals surface area contributed by atoms with Gasteiger partial charge in [0.25, 0.3) is 23.6 Å². The first-order valence-electron chi connectivity index (χ1n) is 24.4. The van der Waals surface area contributed by atoms with Gasteiger partial charge in [0.15, 0.2) is 11.5 Å². The van der Waals surface area contributed by atoms with Crippen molar-refractivity contribution < 1.29 is 41.8 Å². The van der Waals surface area contributed by atoms with E-state index in [0.29, 0.717) is 82.9 Å². The largest absolute Gasteiger partial charge is 0.496 e. The van der Waals surface area contributed by atoms with E-state index in [0.717, 1.165) is 53.7 Å². The molecule has 13 nitrogen and oxygen atoms in total. The van der Waals surface area contributed by atoms with Crippen LogP contribution in [-0.2, 0) is 16.8 Å². The van der Waals surface area contributed by atoms with E-state index in [1.54, 1.807) is 51.7 Å². The molecule has 0 spiro atoms. The summed E-state index contributed by atoms with van der Waals surface area (Å²) in [7, 11) is 4.81. The Morgan fingerprint density at radius 1 is 0.434 bits per heavy atom. The van der Waals surface area contributed by atoms with Crippen molar-refractivity contribution in [2.24, 2.45) is 0 Å². The van der Waals surface area contributed by atoms with Gasteiger partial charge in [-0.05, 0) is 101 Å². The summed E-state index contributed by atoms with van der Waals surface area (Å²) in [6, 6.07) is 54.7. The number of methoxy groups -OCH3 is 3. The van der Waals surface area contributed by atoms with Gasteiger partial charge in [-0.2, -0.15) is 0 Å². The molecule has 0 saturated carbocycles. The van der Waals surface area contributed by atoms with Gasteiger partial charge < -0.3 is 39.7 Å². The number of carbonyl (C=O) groups is 4. The van der Waals surface area contributed by atoms with Gasteiger partial charge in [-0.1, -0.05) is 109 Å². The first-order valence-corrected chi connectivity index (χ1v) is 27.3. The lowest BCUT2D eigenvalue weighted by atomic mass is 10.0. The van der Waals surface area contributed by atoms with Gasteiger partial charge in [0.2, 0.25) is 11.1 Å². The van der Waals surface area contributed by atoms with Crippen LogP contribution in [0.25, 0.3) is 42.4 Å². The maximum absolute atomic E-state index is 12.6. The van der Waals surface area contributed by atoms with Gasteiger partial charge in [-0.3, -0.25) is 19.2 Å². The molecule has 0 saturated heterocycles. The van der Waals surface area contributed by atoms with E-state index >= 15 is 0 Å². The summed E-state index contributed by atoms with van der Waals surface area (Å²) in [6.07, 6.45) is 1.23. The van der Waals surface area contributed by atoms with E-state index in [4.69, 9.17) is 18.4 Å². The summed E-state index contributed by atoms with van der Waals surface area (Å²) in [5.41, 5.74) is 5.65. The number of hydrogen-bond acceptors (Lipinski definition) is 11. The third-order valence-electron chi connectivity index (χ3n) is 12.0. The van der Waals surface area contributed by atoms with Gasteiger partial charge in [0.05, 0.1) is 36.8 Å². The third-order valence-corrected chi connectivity index (χ3v) is 15.1. The summed E-state index contributed by atoms with van der Waals surface area (Å²) < 4.78 is 36.5. The second-order valence-electron chi connectivity index (χ2n) is 17.1. The first kappa shape index (κ1) is 54.0. The van der Waals surface area contributed by atoms with E-state index in [1.165, 1.54) is 22.7 Å². The molecule has 0 bridgehead atoms. The topological polar surface area (TPSA) is 170 Å². The third kappa shape index (κ3) is 14.3. The number of fused-ring (bicyclic) bond motifs is 2. The van der Waals surface area contributed by atoms with Gasteiger partial charge in [0, 0.05) is 63.9 Å². The molecule has 0 aliphatic carbocycles. The molecule has 7 aromatic carbocycles. The molecule has 388 valence electrons. The number of carbonyl (C=O) groups excluding carboxylic acids is 4. The maximum atomic E-state index is 12.6. The van der Waals surface area contributed by atoms with E-state index in [1.807, 2.05) is 146 Å². The van der Waals surface area contributed by atoms with Crippen molar-refractivity contribution in [1.29, 1.82) is 0 Å². The molecule has 0 aliphatic rings. The Morgan fingerprint density at radius 2 is 0.882 bits per heavy atom. The Bertz CT molecular complexity index is 3380. The Kier molecular flexibility index (Phi) is 19.0. The zero-order valence-corrected chi connectivity index (χ0v) is 44.5. The predicted octanol–water partition coefficient (Wildman–Crippen LogP) is 11.5. The number of ether oxygens (including phenoxy) is 3. The Labute approximate surface area is 451 Å². The van der Waals surface area contributed by atoms with Crippen molar-refractivity contribution >= 4 is 77.6 Å². The van der Waals surface area contributed by atoms with Crippen LogP contribution < -0.4 is 39.7 Å². The molecule has 1 unspecified atom stereocenters. The van der Waals surface area contributed by atoms with Crippen LogP contribution in [0.1, 0.15) is 58.5 Å². The molecule has 4 N–H and O–H groups in total. The van der Waals surface area contributed by atoms with E-state index in [9.17, 15) is 23.4 Å². The minimum absolute atomic E-state index is 0.101. The fourth-order valence-corrected chi connectivity index (χ4v) is 10.9. The second-order valence-corrected chi connectivity index (χ2v) is 20.3. The number of benzene rings is 7. The molecule has 0 fully saturated rings. The van der Waals surface area contributed by atoms with Crippen LogP contribution in [0.4, 0.5) is 0 Å². The van der Waals surface area contributed by atoms with Crippen LogP contribution in [0.15, 0.2) is 176 Å². The molecule has 2 heterocycles. The average Bonchev–Trinajstić information content (AvgIpc) is 4.10. The van der Waals surface area contributed by atoms with Crippen LogP contribution in [0.3, 0.4) is 0 Å². The zero-order chi connectivity index (χ0) is 53.2. The van der Waals surface area contributed by atoms with Crippen molar-refractivity contribution in [2.75, 3.05) is 47.5 Å². The van der Waals surface area contributed by atoms with Crippen LogP contribution in [0.2, 0.25) is 0 Å². The minimum atomic E-state index is -1.53. The minimum Gasteiger partial charge on any atom is -0.496 e. The number of hydrogen-bond donors (Lipinski definition) is 4. The van der Waals surface area contributed by atoms with Gasteiger partial charge in [-0.15, -0.1) is 22.7 Å². The monoisotopic (exact) mass is 1070 g/mol. The highest BCUT2D eigenvalue weighted by Crippen LogP contribution is 2.37. The highest BCUT2D eigenvalue weighted by Gasteiger charge is 2.16. The number of amides is 4. The zero-order valence-electron chi connectivity index (χ0n) is 42.1. The summed E-state index contributed by atoms with van der Waals surface area (Å²) in [4.78, 5) is 51.4. The second kappa shape index (κ2) is 26.8. The summed E-state index contributed by atoms with van der Waals surface area (Å²) in [6.45, 7) is 1.81. The van der Waals surface area contributed by atoms with Crippen LogP contribution in [0, 0.1) is 0 Å². The smallest absolute Gasteiger partial charge is 0.261 e. The molecule has 9 aromatic rings. The maximum Gasteiger partial charge on any atom is 0.261 e. The normalized spacial score (nSPS) is 11.1. The fraction of sp³-hybridized carbons (Fsp3) is 0.167. The van der Waals surface area contributed by atoms with E-state index in [2.05, 4.69) is 21.3 Å². The van der Waals surface area contributed by atoms with Gasteiger partial charge in [0.1, 0.15) is 11.5 Å². The number of rotatable bonds is 21. The molecule has 4 amide bonds. The summed E-state index contributed by atoms with van der Waals surface area (Å²) >= 11 is 1.34. The summed E-state index contributed by atoms with van der Waals surface area (Å²) in [5.74, 6) is 2.27. The number of para-hydroxylation sites is 2. The fourth-order valence-electron chi connectivity index (χ4n) is 8.04. The van der Waals surface area contributed by atoms with Crippen LogP contribution in [-0.4, -0.2) is 75.3 Å². The molecule has 9 rings (SSSR count). The van der Waals surface area contributed by atoms with Crippen molar-refractivity contribution in [2.45, 2.75) is 18.6 Å². The molecular weight excluding hydrogens is 1020 g/mol. The van der Waals surface area contributed by atoms with Crippen molar-refractivity contribution in [3.8, 4) is 45.3 Å². The molecular formula is C60H56N4O9S3. The predicted molar refractivity (Wildman–Crippen MR) is 305 cm³/mol. The van der Waals surface area contributed by atoms with E-state index in [-0.39, 0.29) is 23.6 Å². The van der Waals surface area contributed by atoms with E-state index < -0.39 is 11.1 Å². The number of nitrogens with one attached hydrogen (secondary N) is 4. The molecule has 0 aliphatic heterocycles. The summed E-state index contributed by atoms with van der Waals surface area (Å²) in [5, 5.41) is 13.6. The Morgan fingerprint density at radius 3 is 1.43 bits per heavy atom. The lowest BCUT2D eigenvalue weighted by molar-refractivity contribution is 0.0937. The SMILES string of the molecule is COc1cc2cc(C(=O)NCCCNC(=O)c3ccc(-c4ccccc4OC)cc3)sc2cc1OC.O=C(NCCCNC(=O)c1cc2ccccc2s1)c1ccc(-c2ccccc2OS(=O)Cc2ccccc2)cc1. The van der Waals surface area contributed by atoms with Gasteiger partial charge >= 0.3 is 0 Å². The lowest BCUT2D eigenvalue weighted by Crippen LogP contribution is -2.29. The Balaban J connectivity index is 0.000000203. The molecule has 1 atom stereocenters.